The Hall–Kier alpha value is -2.36. The Bertz CT molecular complexity index is 743. The van der Waals surface area contributed by atoms with Gasteiger partial charge in [-0.3, -0.25) is 0 Å². The van der Waals surface area contributed by atoms with E-state index in [4.69, 9.17) is 4.74 Å². The Morgan fingerprint density at radius 1 is 0.870 bits per heavy atom. The highest BCUT2D eigenvalue weighted by atomic mass is 16.5. The molecule has 0 saturated heterocycles. The van der Waals surface area contributed by atoms with Gasteiger partial charge in [-0.25, -0.2) is 0 Å². The summed E-state index contributed by atoms with van der Waals surface area (Å²) in [5.41, 5.74) is 1.20. The van der Waals surface area contributed by atoms with E-state index < -0.39 is 6.10 Å². The van der Waals surface area contributed by atoms with Crippen molar-refractivity contribution in [3.8, 4) is 5.75 Å². The van der Waals surface area contributed by atoms with E-state index in [1.807, 2.05) is 48.5 Å². The first-order valence-corrected chi connectivity index (χ1v) is 7.85. The number of benzene rings is 3. The predicted octanol–water partition coefficient (Wildman–Crippen LogP) is 3.37. The third-order valence-corrected chi connectivity index (χ3v) is 3.72. The maximum Gasteiger partial charge on any atom is 0.120 e. The molecular weight excluding hydrogens is 286 g/mol. The molecule has 0 fully saturated rings. The molecule has 0 heterocycles. The fraction of sp³-hybridized carbons (Fsp3) is 0.200. The Balaban J connectivity index is 1.45. The van der Waals surface area contributed by atoms with E-state index in [9.17, 15) is 5.11 Å². The van der Waals surface area contributed by atoms with Gasteiger partial charge in [0, 0.05) is 13.1 Å². The highest BCUT2D eigenvalue weighted by molar-refractivity contribution is 5.83. The maximum atomic E-state index is 10.0. The standard InChI is InChI=1S/C20H21NO2/c22-19(14-21-13-16-6-2-1-3-7-16)15-23-20-11-10-17-8-4-5-9-18(17)12-20/h1-12,19,21-22H,13-15H2. The van der Waals surface area contributed by atoms with Gasteiger partial charge >= 0.3 is 0 Å². The monoisotopic (exact) mass is 307 g/mol. The molecule has 0 saturated carbocycles. The zero-order valence-corrected chi connectivity index (χ0v) is 13.0. The van der Waals surface area contributed by atoms with E-state index in [0.29, 0.717) is 6.54 Å². The Morgan fingerprint density at radius 3 is 2.43 bits per heavy atom. The van der Waals surface area contributed by atoms with Crippen LogP contribution in [0.25, 0.3) is 10.8 Å². The van der Waals surface area contributed by atoms with Crippen LogP contribution in [0, 0.1) is 0 Å². The van der Waals surface area contributed by atoms with Gasteiger partial charge in [0.2, 0.25) is 0 Å². The minimum absolute atomic E-state index is 0.278. The summed E-state index contributed by atoms with van der Waals surface area (Å²) in [5.74, 6) is 0.783. The normalized spacial score (nSPS) is 12.2. The summed E-state index contributed by atoms with van der Waals surface area (Å²) in [6.45, 7) is 1.52. The van der Waals surface area contributed by atoms with E-state index in [1.54, 1.807) is 0 Å². The van der Waals surface area contributed by atoms with Crippen molar-refractivity contribution in [1.29, 1.82) is 0 Å². The van der Waals surface area contributed by atoms with Crippen LogP contribution >= 0.6 is 0 Å². The summed E-state index contributed by atoms with van der Waals surface area (Å²) in [4.78, 5) is 0. The minimum atomic E-state index is -0.537. The maximum absolute atomic E-state index is 10.0. The molecule has 118 valence electrons. The highest BCUT2D eigenvalue weighted by Crippen LogP contribution is 2.20. The SMILES string of the molecule is OC(CNCc1ccccc1)COc1ccc2ccccc2c1. The first-order valence-electron chi connectivity index (χ1n) is 7.85. The Labute approximate surface area is 136 Å². The number of aliphatic hydroxyl groups excluding tert-OH is 1. The second-order valence-electron chi connectivity index (χ2n) is 5.59. The molecule has 0 aliphatic carbocycles. The second-order valence-corrected chi connectivity index (χ2v) is 5.59. The van der Waals surface area contributed by atoms with Crippen LogP contribution in [-0.4, -0.2) is 24.4 Å². The summed E-state index contributed by atoms with van der Waals surface area (Å²) < 4.78 is 5.69. The fourth-order valence-corrected chi connectivity index (χ4v) is 2.49. The molecule has 0 bridgehead atoms. The van der Waals surface area contributed by atoms with Crippen molar-refractivity contribution >= 4 is 10.8 Å². The molecule has 0 aliphatic heterocycles. The molecule has 3 aromatic rings. The Kier molecular flexibility index (Phi) is 5.25. The van der Waals surface area contributed by atoms with Crippen molar-refractivity contribution in [2.24, 2.45) is 0 Å². The molecule has 3 aromatic carbocycles. The van der Waals surface area contributed by atoms with Crippen molar-refractivity contribution in [2.45, 2.75) is 12.6 Å². The average Bonchev–Trinajstić information content (AvgIpc) is 2.61. The van der Waals surface area contributed by atoms with E-state index in [2.05, 4.69) is 29.6 Å². The van der Waals surface area contributed by atoms with Crippen molar-refractivity contribution in [3.05, 3.63) is 78.4 Å². The lowest BCUT2D eigenvalue weighted by atomic mass is 10.1. The van der Waals surface area contributed by atoms with Crippen LogP contribution in [0.3, 0.4) is 0 Å². The third-order valence-electron chi connectivity index (χ3n) is 3.72. The smallest absolute Gasteiger partial charge is 0.120 e. The average molecular weight is 307 g/mol. The van der Waals surface area contributed by atoms with Crippen LogP contribution in [0.1, 0.15) is 5.56 Å². The molecule has 3 nitrogen and oxygen atoms in total. The number of rotatable bonds is 7. The number of hydrogen-bond donors (Lipinski definition) is 2. The molecule has 3 rings (SSSR count). The first kappa shape index (κ1) is 15.5. The summed E-state index contributed by atoms with van der Waals surface area (Å²) in [7, 11) is 0. The molecule has 0 aliphatic rings. The molecule has 0 amide bonds. The number of nitrogens with one attached hydrogen (secondary N) is 1. The van der Waals surface area contributed by atoms with E-state index in [1.165, 1.54) is 10.9 Å². The number of fused-ring (bicyclic) bond motifs is 1. The van der Waals surface area contributed by atoms with Gasteiger partial charge in [0.25, 0.3) is 0 Å². The Morgan fingerprint density at radius 2 is 1.61 bits per heavy atom. The summed E-state index contributed by atoms with van der Waals surface area (Å²) in [6.07, 6.45) is -0.537. The van der Waals surface area contributed by atoms with Crippen molar-refractivity contribution in [2.75, 3.05) is 13.2 Å². The van der Waals surface area contributed by atoms with Crippen LogP contribution in [0.5, 0.6) is 5.75 Å². The van der Waals surface area contributed by atoms with Crippen molar-refractivity contribution in [1.82, 2.24) is 5.32 Å². The highest BCUT2D eigenvalue weighted by Gasteiger charge is 2.05. The van der Waals surface area contributed by atoms with Crippen LogP contribution in [0.15, 0.2) is 72.8 Å². The topological polar surface area (TPSA) is 41.5 Å². The van der Waals surface area contributed by atoms with Gasteiger partial charge in [-0.05, 0) is 28.5 Å². The van der Waals surface area contributed by atoms with Crippen LogP contribution in [-0.2, 0) is 6.54 Å². The van der Waals surface area contributed by atoms with Gasteiger partial charge in [0.15, 0.2) is 0 Å². The molecule has 1 unspecified atom stereocenters. The fourth-order valence-electron chi connectivity index (χ4n) is 2.49. The lowest BCUT2D eigenvalue weighted by Crippen LogP contribution is -2.31. The van der Waals surface area contributed by atoms with Crippen LogP contribution < -0.4 is 10.1 Å². The molecule has 3 heteroatoms. The van der Waals surface area contributed by atoms with Crippen LogP contribution in [0.4, 0.5) is 0 Å². The first-order chi connectivity index (χ1) is 11.3. The summed E-state index contributed by atoms with van der Waals surface area (Å²) in [6, 6.07) is 24.3. The van der Waals surface area contributed by atoms with Gasteiger partial charge in [0.1, 0.15) is 18.5 Å². The minimum Gasteiger partial charge on any atom is -0.491 e. The van der Waals surface area contributed by atoms with Crippen molar-refractivity contribution in [3.63, 3.8) is 0 Å². The molecule has 0 aromatic heterocycles. The predicted molar refractivity (Wildman–Crippen MR) is 93.6 cm³/mol. The molecule has 0 radical (unpaired) electrons. The van der Waals surface area contributed by atoms with E-state index >= 15 is 0 Å². The van der Waals surface area contributed by atoms with Crippen LogP contribution in [0.2, 0.25) is 0 Å². The molecular formula is C20H21NO2. The van der Waals surface area contributed by atoms with Gasteiger partial charge in [-0.2, -0.15) is 0 Å². The molecule has 1 atom stereocenters. The zero-order valence-electron chi connectivity index (χ0n) is 13.0. The molecule has 0 spiro atoms. The van der Waals surface area contributed by atoms with Gasteiger partial charge in [0.05, 0.1) is 0 Å². The van der Waals surface area contributed by atoms with E-state index in [0.717, 1.165) is 17.7 Å². The van der Waals surface area contributed by atoms with E-state index in [-0.39, 0.29) is 6.61 Å². The number of hydrogen-bond acceptors (Lipinski definition) is 3. The van der Waals surface area contributed by atoms with Gasteiger partial charge in [-0.15, -0.1) is 0 Å². The van der Waals surface area contributed by atoms with Gasteiger partial charge in [-0.1, -0.05) is 60.7 Å². The number of aliphatic hydroxyl groups is 1. The molecule has 2 N–H and O–H groups in total. The lowest BCUT2D eigenvalue weighted by Gasteiger charge is -2.13. The zero-order chi connectivity index (χ0) is 15.9. The second kappa shape index (κ2) is 7.77. The van der Waals surface area contributed by atoms with Gasteiger partial charge < -0.3 is 15.2 Å². The number of ether oxygens (including phenoxy) is 1. The summed E-state index contributed by atoms with van der Waals surface area (Å²) >= 11 is 0. The largest absolute Gasteiger partial charge is 0.491 e. The quantitative estimate of drug-likeness (QED) is 0.703. The lowest BCUT2D eigenvalue weighted by molar-refractivity contribution is 0.106. The molecule has 23 heavy (non-hydrogen) atoms. The third kappa shape index (κ3) is 4.55. The van der Waals surface area contributed by atoms with Crippen molar-refractivity contribution < 1.29 is 9.84 Å². The summed E-state index contributed by atoms with van der Waals surface area (Å²) in [5, 5.41) is 15.6.